The molecule has 3 nitrogen and oxygen atoms in total. The molecule has 0 aliphatic heterocycles. The van der Waals surface area contributed by atoms with Gasteiger partial charge in [-0.3, -0.25) is 0 Å². The maximum atomic E-state index is 11.5. The lowest BCUT2D eigenvalue weighted by molar-refractivity contribution is 0.0692. The van der Waals surface area contributed by atoms with Crippen molar-refractivity contribution in [1.29, 1.82) is 0 Å². The largest absolute Gasteiger partial charge is 0.492 e. The van der Waals surface area contributed by atoms with Gasteiger partial charge < -0.3 is 9.84 Å². The third-order valence-corrected chi connectivity index (χ3v) is 4.07. The van der Waals surface area contributed by atoms with E-state index in [-0.39, 0.29) is 5.56 Å². The average molecular weight is 326 g/mol. The van der Waals surface area contributed by atoms with Crippen molar-refractivity contribution in [2.24, 2.45) is 0 Å². The minimum atomic E-state index is -0.953. The molecular formula is C21H26O3. The van der Waals surface area contributed by atoms with Gasteiger partial charge in [0.2, 0.25) is 0 Å². The van der Waals surface area contributed by atoms with Gasteiger partial charge in [0.1, 0.15) is 11.3 Å². The molecule has 2 rings (SSSR count). The molecule has 0 saturated carbocycles. The Labute approximate surface area is 144 Å². The first-order valence-electron chi connectivity index (χ1n) is 8.78. The van der Waals surface area contributed by atoms with Gasteiger partial charge in [0.15, 0.2) is 0 Å². The fourth-order valence-electron chi connectivity index (χ4n) is 2.76. The summed E-state index contributed by atoms with van der Waals surface area (Å²) in [7, 11) is 0. The molecule has 0 saturated heterocycles. The van der Waals surface area contributed by atoms with E-state index in [0.29, 0.717) is 12.4 Å². The molecule has 2 aromatic rings. The highest BCUT2D eigenvalue weighted by Gasteiger charge is 2.16. The molecule has 128 valence electrons. The lowest BCUT2D eigenvalue weighted by atomic mass is 10.0. The molecule has 0 heterocycles. The first kappa shape index (κ1) is 18.1. The molecule has 1 N–H and O–H groups in total. The van der Waals surface area contributed by atoms with Crippen LogP contribution in [0.1, 0.15) is 55.8 Å². The highest BCUT2D eigenvalue weighted by atomic mass is 16.5. The summed E-state index contributed by atoms with van der Waals surface area (Å²) in [6.45, 7) is 2.76. The maximum absolute atomic E-state index is 11.5. The standard InChI is InChI=1S/C21H26O3/c1-2-3-4-5-6-10-16-24-20-18(17-12-8-7-9-13-17)14-11-15-19(20)21(22)23/h7-9,11-15H,2-6,10,16H2,1H3,(H,22,23). The number of aromatic carboxylic acids is 1. The Morgan fingerprint density at radius 2 is 1.62 bits per heavy atom. The number of carbonyl (C=O) groups is 1. The number of hydrogen-bond acceptors (Lipinski definition) is 2. The lowest BCUT2D eigenvalue weighted by Crippen LogP contribution is -2.06. The van der Waals surface area contributed by atoms with E-state index < -0.39 is 5.97 Å². The molecular weight excluding hydrogens is 300 g/mol. The second-order valence-corrected chi connectivity index (χ2v) is 5.97. The van der Waals surface area contributed by atoms with E-state index in [1.807, 2.05) is 36.4 Å². The molecule has 0 aliphatic rings. The van der Waals surface area contributed by atoms with Gasteiger partial charge in [0.25, 0.3) is 0 Å². The fourth-order valence-corrected chi connectivity index (χ4v) is 2.76. The van der Waals surface area contributed by atoms with Crippen molar-refractivity contribution in [3.05, 3.63) is 54.1 Å². The van der Waals surface area contributed by atoms with Crippen LogP contribution in [0.25, 0.3) is 11.1 Å². The van der Waals surface area contributed by atoms with Crippen LogP contribution in [0.3, 0.4) is 0 Å². The number of carboxylic acids is 1. The molecule has 0 amide bonds. The molecule has 0 aliphatic carbocycles. The summed E-state index contributed by atoms with van der Waals surface area (Å²) < 4.78 is 5.91. The lowest BCUT2D eigenvalue weighted by Gasteiger charge is -2.14. The summed E-state index contributed by atoms with van der Waals surface area (Å²) in [5.41, 5.74) is 2.03. The van der Waals surface area contributed by atoms with Gasteiger partial charge in [-0.25, -0.2) is 4.79 Å². The van der Waals surface area contributed by atoms with Gasteiger partial charge in [-0.1, -0.05) is 81.5 Å². The number of benzene rings is 2. The SMILES string of the molecule is CCCCCCCCOc1c(C(=O)O)cccc1-c1ccccc1. The third kappa shape index (κ3) is 5.12. The van der Waals surface area contributed by atoms with E-state index in [0.717, 1.165) is 24.0 Å². The Balaban J connectivity index is 2.07. The highest BCUT2D eigenvalue weighted by molar-refractivity contribution is 5.94. The molecule has 0 fully saturated rings. The Bertz CT molecular complexity index is 635. The maximum Gasteiger partial charge on any atom is 0.339 e. The van der Waals surface area contributed by atoms with E-state index in [1.54, 1.807) is 12.1 Å². The first-order valence-corrected chi connectivity index (χ1v) is 8.78. The second-order valence-electron chi connectivity index (χ2n) is 5.97. The number of ether oxygens (including phenoxy) is 1. The van der Waals surface area contributed by atoms with Crippen LogP contribution in [0.5, 0.6) is 5.75 Å². The predicted molar refractivity (Wildman–Crippen MR) is 97.7 cm³/mol. The van der Waals surface area contributed by atoms with Gasteiger partial charge in [-0.05, 0) is 18.1 Å². The highest BCUT2D eigenvalue weighted by Crippen LogP contribution is 2.33. The number of rotatable bonds is 10. The predicted octanol–water partition coefficient (Wildman–Crippen LogP) is 5.79. The van der Waals surface area contributed by atoms with Crippen molar-refractivity contribution >= 4 is 5.97 Å². The van der Waals surface area contributed by atoms with Crippen LogP contribution in [0.4, 0.5) is 0 Å². The van der Waals surface area contributed by atoms with Crippen molar-refractivity contribution in [1.82, 2.24) is 0 Å². The van der Waals surface area contributed by atoms with Gasteiger partial charge >= 0.3 is 5.97 Å². The summed E-state index contributed by atoms with van der Waals surface area (Å²) >= 11 is 0. The van der Waals surface area contributed by atoms with Gasteiger partial charge in [-0.15, -0.1) is 0 Å². The monoisotopic (exact) mass is 326 g/mol. The zero-order chi connectivity index (χ0) is 17.2. The first-order chi connectivity index (χ1) is 11.7. The molecule has 0 spiro atoms. The van der Waals surface area contributed by atoms with Crippen molar-refractivity contribution in [2.75, 3.05) is 6.61 Å². The number of hydrogen-bond donors (Lipinski definition) is 1. The van der Waals surface area contributed by atoms with E-state index in [4.69, 9.17) is 4.74 Å². The summed E-state index contributed by atoms with van der Waals surface area (Å²) in [6.07, 6.45) is 7.06. The van der Waals surface area contributed by atoms with E-state index in [9.17, 15) is 9.90 Å². The Morgan fingerprint density at radius 3 is 2.33 bits per heavy atom. The van der Waals surface area contributed by atoms with Crippen molar-refractivity contribution in [3.63, 3.8) is 0 Å². The van der Waals surface area contributed by atoms with Crippen LogP contribution in [0.2, 0.25) is 0 Å². The number of para-hydroxylation sites is 1. The fraction of sp³-hybridized carbons (Fsp3) is 0.381. The van der Waals surface area contributed by atoms with Crippen LogP contribution >= 0.6 is 0 Å². The minimum Gasteiger partial charge on any atom is -0.492 e. The molecule has 0 bridgehead atoms. The summed E-state index contributed by atoms with van der Waals surface area (Å²) in [6, 6.07) is 15.1. The zero-order valence-electron chi connectivity index (χ0n) is 14.3. The average Bonchev–Trinajstić information content (AvgIpc) is 2.61. The van der Waals surface area contributed by atoms with Gasteiger partial charge in [0.05, 0.1) is 6.61 Å². The van der Waals surface area contributed by atoms with E-state index in [1.165, 1.54) is 25.7 Å². The minimum absolute atomic E-state index is 0.224. The normalized spacial score (nSPS) is 10.5. The van der Waals surface area contributed by atoms with E-state index in [2.05, 4.69) is 6.92 Å². The van der Waals surface area contributed by atoms with Crippen LogP contribution in [-0.2, 0) is 0 Å². The second kappa shape index (κ2) is 9.76. The molecule has 0 atom stereocenters. The van der Waals surface area contributed by atoms with Crippen molar-refractivity contribution < 1.29 is 14.6 Å². The smallest absolute Gasteiger partial charge is 0.339 e. The molecule has 0 aromatic heterocycles. The summed E-state index contributed by atoms with van der Waals surface area (Å²) in [5.74, 6) is -0.476. The van der Waals surface area contributed by atoms with Crippen LogP contribution in [-0.4, -0.2) is 17.7 Å². The van der Waals surface area contributed by atoms with Crippen molar-refractivity contribution in [2.45, 2.75) is 45.4 Å². The van der Waals surface area contributed by atoms with Gasteiger partial charge in [0, 0.05) is 5.56 Å². The molecule has 0 radical (unpaired) electrons. The topological polar surface area (TPSA) is 46.5 Å². The van der Waals surface area contributed by atoms with E-state index >= 15 is 0 Å². The zero-order valence-corrected chi connectivity index (χ0v) is 14.3. The molecule has 2 aromatic carbocycles. The van der Waals surface area contributed by atoms with Crippen LogP contribution < -0.4 is 4.74 Å². The van der Waals surface area contributed by atoms with Crippen LogP contribution in [0, 0.1) is 0 Å². The van der Waals surface area contributed by atoms with Crippen molar-refractivity contribution in [3.8, 4) is 16.9 Å². The Hall–Kier alpha value is -2.29. The number of unbranched alkanes of at least 4 members (excludes halogenated alkanes) is 5. The quantitative estimate of drug-likeness (QED) is 0.562. The Morgan fingerprint density at radius 1 is 0.917 bits per heavy atom. The van der Waals surface area contributed by atoms with Crippen LogP contribution in [0.15, 0.2) is 48.5 Å². The van der Waals surface area contributed by atoms with Gasteiger partial charge in [-0.2, -0.15) is 0 Å². The Kier molecular flexibility index (Phi) is 7.34. The molecule has 3 heteroatoms. The molecule has 24 heavy (non-hydrogen) atoms. The third-order valence-electron chi connectivity index (χ3n) is 4.07. The number of carboxylic acid groups (broad SMARTS) is 1. The summed E-state index contributed by atoms with van der Waals surface area (Å²) in [4.78, 5) is 11.5. The molecule has 0 unspecified atom stereocenters. The summed E-state index contributed by atoms with van der Waals surface area (Å²) in [5, 5.41) is 9.46.